The molecular weight excluding hydrogens is 569 g/mol. The summed E-state index contributed by atoms with van der Waals surface area (Å²) >= 11 is 19.5. The first-order chi connectivity index (χ1) is 18.3. The van der Waals surface area contributed by atoms with Gasteiger partial charge in [-0.3, -0.25) is 14.2 Å². The molecule has 0 saturated heterocycles. The molecule has 4 rings (SSSR count). The van der Waals surface area contributed by atoms with Gasteiger partial charge in [-0.1, -0.05) is 52.6 Å². The minimum absolute atomic E-state index is 0.0518. The number of anilines is 1. The van der Waals surface area contributed by atoms with Crippen molar-refractivity contribution in [2.45, 2.75) is 18.6 Å². The van der Waals surface area contributed by atoms with Crippen molar-refractivity contribution >= 4 is 64.1 Å². The molecule has 0 unspecified atom stereocenters. The Bertz CT molecular complexity index is 1450. The quantitative estimate of drug-likeness (QED) is 0.211. The molecule has 0 radical (unpaired) electrons. The monoisotopic (exact) mass is 589 g/mol. The van der Waals surface area contributed by atoms with E-state index in [1.165, 1.54) is 17.8 Å². The molecule has 12 heteroatoms. The van der Waals surface area contributed by atoms with E-state index in [1.807, 2.05) is 13.0 Å². The van der Waals surface area contributed by atoms with Crippen LogP contribution in [-0.2, 0) is 11.3 Å². The summed E-state index contributed by atoms with van der Waals surface area (Å²) in [6.45, 7) is 2.52. The van der Waals surface area contributed by atoms with Gasteiger partial charge in [-0.05, 0) is 67.6 Å². The van der Waals surface area contributed by atoms with Crippen molar-refractivity contribution < 1.29 is 14.3 Å². The molecule has 4 aromatic rings. The summed E-state index contributed by atoms with van der Waals surface area (Å²) in [7, 11) is 0. The first kappa shape index (κ1) is 27.8. The zero-order chi connectivity index (χ0) is 27.1. The molecular formula is C26H22Cl3N5O3S. The van der Waals surface area contributed by atoms with E-state index in [4.69, 9.17) is 39.5 Å². The number of rotatable bonds is 10. The van der Waals surface area contributed by atoms with E-state index in [-0.39, 0.29) is 28.8 Å². The van der Waals surface area contributed by atoms with Crippen LogP contribution in [0.2, 0.25) is 15.1 Å². The standard InChI is InChI=1S/C26H22Cl3N5O3S/c1-2-37-20-9-7-18(8-10-20)31-24(35)15-38-26-33-32-23(34(26)19-5-3-4-16(27)12-19)14-30-25(36)21-11-6-17(28)13-22(21)29/h3-13H,2,14-15H2,1H3,(H,30,36)(H,31,35). The smallest absolute Gasteiger partial charge is 0.253 e. The van der Waals surface area contributed by atoms with Crippen LogP contribution in [0.5, 0.6) is 5.75 Å². The van der Waals surface area contributed by atoms with Crippen LogP contribution in [0.3, 0.4) is 0 Å². The highest BCUT2D eigenvalue weighted by Crippen LogP contribution is 2.25. The van der Waals surface area contributed by atoms with Crippen molar-refractivity contribution in [1.82, 2.24) is 20.1 Å². The summed E-state index contributed by atoms with van der Waals surface area (Å²) in [5.74, 6) is 0.648. The van der Waals surface area contributed by atoms with Crippen molar-refractivity contribution in [3.05, 3.63) is 93.2 Å². The Balaban J connectivity index is 1.48. The molecule has 2 amide bonds. The number of thioether (sulfide) groups is 1. The Kier molecular flexibility index (Phi) is 9.52. The predicted molar refractivity (Wildman–Crippen MR) is 151 cm³/mol. The second-order valence-corrected chi connectivity index (χ2v) is 10.0. The van der Waals surface area contributed by atoms with Crippen molar-refractivity contribution in [2.75, 3.05) is 17.7 Å². The van der Waals surface area contributed by atoms with Gasteiger partial charge in [-0.2, -0.15) is 0 Å². The molecule has 3 aromatic carbocycles. The maximum absolute atomic E-state index is 12.7. The molecule has 2 N–H and O–H groups in total. The number of carbonyl (C=O) groups is 2. The van der Waals surface area contributed by atoms with Gasteiger partial charge in [0.15, 0.2) is 11.0 Å². The van der Waals surface area contributed by atoms with E-state index in [0.29, 0.717) is 39.0 Å². The van der Waals surface area contributed by atoms with Gasteiger partial charge in [0.2, 0.25) is 5.91 Å². The van der Waals surface area contributed by atoms with Crippen LogP contribution in [0.25, 0.3) is 5.69 Å². The Morgan fingerprint density at radius 3 is 2.45 bits per heavy atom. The number of hydrogen-bond acceptors (Lipinski definition) is 6. The normalized spacial score (nSPS) is 10.7. The minimum atomic E-state index is -0.392. The summed E-state index contributed by atoms with van der Waals surface area (Å²) in [4.78, 5) is 25.3. The fourth-order valence-corrected chi connectivity index (χ4v) is 4.89. The molecule has 0 spiro atoms. The lowest BCUT2D eigenvalue weighted by Crippen LogP contribution is -2.25. The largest absolute Gasteiger partial charge is 0.494 e. The van der Waals surface area contributed by atoms with Crippen molar-refractivity contribution in [3.63, 3.8) is 0 Å². The van der Waals surface area contributed by atoms with Crippen molar-refractivity contribution in [3.8, 4) is 11.4 Å². The lowest BCUT2D eigenvalue weighted by Gasteiger charge is -2.12. The molecule has 0 saturated carbocycles. The molecule has 1 heterocycles. The van der Waals surface area contributed by atoms with E-state index in [1.54, 1.807) is 59.2 Å². The number of aromatic nitrogens is 3. The molecule has 0 bridgehead atoms. The zero-order valence-corrected chi connectivity index (χ0v) is 23.2. The third-order valence-corrected chi connectivity index (χ3v) is 6.84. The van der Waals surface area contributed by atoms with Gasteiger partial charge in [-0.15, -0.1) is 10.2 Å². The minimum Gasteiger partial charge on any atom is -0.494 e. The number of nitrogens with zero attached hydrogens (tertiary/aromatic N) is 3. The molecule has 8 nitrogen and oxygen atoms in total. The summed E-state index contributed by atoms with van der Waals surface area (Å²) in [6, 6.07) is 18.9. The van der Waals surface area contributed by atoms with E-state index in [0.717, 1.165) is 5.75 Å². The van der Waals surface area contributed by atoms with E-state index in [2.05, 4.69) is 20.8 Å². The molecule has 196 valence electrons. The molecule has 0 aliphatic carbocycles. The fourth-order valence-electron chi connectivity index (χ4n) is 3.44. The first-order valence-electron chi connectivity index (χ1n) is 11.4. The summed E-state index contributed by atoms with van der Waals surface area (Å²) in [5, 5.41) is 15.8. The number of nitrogens with one attached hydrogen (secondary N) is 2. The zero-order valence-electron chi connectivity index (χ0n) is 20.1. The van der Waals surface area contributed by atoms with E-state index >= 15 is 0 Å². The number of benzene rings is 3. The maximum atomic E-state index is 12.7. The Hall–Kier alpha value is -3.24. The van der Waals surface area contributed by atoms with Crippen LogP contribution in [0.4, 0.5) is 5.69 Å². The Labute approximate surface area is 238 Å². The van der Waals surface area contributed by atoms with Crippen LogP contribution in [0.1, 0.15) is 23.1 Å². The number of halogens is 3. The first-order valence-corrected chi connectivity index (χ1v) is 13.5. The molecule has 38 heavy (non-hydrogen) atoms. The highest BCUT2D eigenvalue weighted by Gasteiger charge is 2.18. The average molecular weight is 591 g/mol. The lowest BCUT2D eigenvalue weighted by atomic mass is 10.2. The van der Waals surface area contributed by atoms with Crippen LogP contribution in [0, 0.1) is 0 Å². The Morgan fingerprint density at radius 2 is 1.74 bits per heavy atom. The SMILES string of the molecule is CCOc1ccc(NC(=O)CSc2nnc(CNC(=O)c3ccc(Cl)cc3Cl)n2-c2cccc(Cl)c2)cc1. The van der Waals surface area contributed by atoms with Crippen LogP contribution < -0.4 is 15.4 Å². The van der Waals surface area contributed by atoms with Gasteiger partial charge in [0.25, 0.3) is 5.91 Å². The number of carbonyl (C=O) groups excluding carboxylic acids is 2. The predicted octanol–water partition coefficient (Wildman–Crippen LogP) is 6.29. The van der Waals surface area contributed by atoms with Crippen LogP contribution in [-0.4, -0.2) is 38.9 Å². The summed E-state index contributed by atoms with van der Waals surface area (Å²) < 4.78 is 7.17. The van der Waals surface area contributed by atoms with Gasteiger partial charge < -0.3 is 15.4 Å². The van der Waals surface area contributed by atoms with Gasteiger partial charge in [0, 0.05) is 15.7 Å². The number of ether oxygens (including phenoxy) is 1. The molecule has 0 aliphatic rings. The lowest BCUT2D eigenvalue weighted by molar-refractivity contribution is -0.113. The van der Waals surface area contributed by atoms with Crippen molar-refractivity contribution in [2.24, 2.45) is 0 Å². The van der Waals surface area contributed by atoms with Gasteiger partial charge in [-0.25, -0.2) is 0 Å². The molecule has 0 atom stereocenters. The number of amides is 2. The number of hydrogen-bond donors (Lipinski definition) is 2. The summed E-state index contributed by atoms with van der Waals surface area (Å²) in [6.07, 6.45) is 0. The molecule has 0 fully saturated rings. The van der Waals surface area contributed by atoms with E-state index < -0.39 is 5.91 Å². The topological polar surface area (TPSA) is 98.1 Å². The highest BCUT2D eigenvalue weighted by atomic mass is 35.5. The third-order valence-electron chi connectivity index (χ3n) is 5.13. The summed E-state index contributed by atoms with van der Waals surface area (Å²) in [5.41, 5.74) is 1.62. The van der Waals surface area contributed by atoms with E-state index in [9.17, 15) is 9.59 Å². The second-order valence-electron chi connectivity index (χ2n) is 7.82. The van der Waals surface area contributed by atoms with Gasteiger partial charge >= 0.3 is 0 Å². The average Bonchev–Trinajstić information content (AvgIpc) is 3.30. The van der Waals surface area contributed by atoms with Gasteiger partial charge in [0.05, 0.1) is 35.2 Å². The van der Waals surface area contributed by atoms with Gasteiger partial charge in [0.1, 0.15) is 5.75 Å². The maximum Gasteiger partial charge on any atom is 0.253 e. The Morgan fingerprint density at radius 1 is 0.974 bits per heavy atom. The fraction of sp³-hybridized carbons (Fsp3) is 0.154. The van der Waals surface area contributed by atoms with Crippen LogP contribution in [0.15, 0.2) is 71.9 Å². The molecule has 1 aromatic heterocycles. The van der Waals surface area contributed by atoms with Crippen LogP contribution >= 0.6 is 46.6 Å². The highest BCUT2D eigenvalue weighted by molar-refractivity contribution is 7.99. The third kappa shape index (κ3) is 7.20. The molecule has 0 aliphatic heterocycles. The van der Waals surface area contributed by atoms with Crippen molar-refractivity contribution in [1.29, 1.82) is 0 Å². The second kappa shape index (κ2) is 13.0.